The van der Waals surface area contributed by atoms with Gasteiger partial charge in [-0.3, -0.25) is 4.98 Å². The van der Waals surface area contributed by atoms with E-state index < -0.39 is 0 Å². The van der Waals surface area contributed by atoms with Crippen LogP contribution < -0.4 is 0 Å². The van der Waals surface area contributed by atoms with Crippen molar-refractivity contribution in [3.63, 3.8) is 0 Å². The highest BCUT2D eigenvalue weighted by Crippen LogP contribution is 2.42. The topological polar surface area (TPSA) is 77.8 Å². The van der Waals surface area contributed by atoms with Crippen molar-refractivity contribution in [2.24, 2.45) is 0 Å². The lowest BCUT2D eigenvalue weighted by atomic mass is 9.94. The summed E-state index contributed by atoms with van der Waals surface area (Å²) in [6.07, 6.45) is 1.83. The van der Waals surface area contributed by atoms with Crippen LogP contribution in [-0.4, -0.2) is 19.9 Å². The van der Waals surface area contributed by atoms with Gasteiger partial charge in [-0.25, -0.2) is 15.0 Å². The summed E-state index contributed by atoms with van der Waals surface area (Å²) in [6, 6.07) is 60.4. The van der Waals surface area contributed by atoms with Crippen molar-refractivity contribution in [2.45, 2.75) is 0 Å². The van der Waals surface area contributed by atoms with Gasteiger partial charge in [0.05, 0.1) is 5.52 Å². The molecule has 6 heteroatoms. The molecule has 0 spiro atoms. The highest BCUT2D eigenvalue weighted by molar-refractivity contribution is 6.12. The normalized spacial score (nSPS) is 11.8. The largest absolute Gasteiger partial charge is 0.455 e. The van der Waals surface area contributed by atoms with Crippen LogP contribution >= 0.6 is 0 Å². The lowest BCUT2D eigenvalue weighted by molar-refractivity contribution is 0.670. The fraction of sp³-hybridized carbons (Fsp3) is 0. The van der Waals surface area contributed by atoms with Gasteiger partial charge in [-0.2, -0.15) is 0 Å². The second kappa shape index (κ2) is 12.8. The lowest BCUT2D eigenvalue weighted by Gasteiger charge is -2.13. The van der Waals surface area contributed by atoms with Crippen LogP contribution in [0.4, 0.5) is 0 Å². The molecular weight excluding hydrogens is 713 g/mol. The Hall–Kier alpha value is -7.96. The van der Waals surface area contributed by atoms with Gasteiger partial charge in [0, 0.05) is 60.9 Å². The maximum Gasteiger partial charge on any atom is 0.164 e. The smallest absolute Gasteiger partial charge is 0.164 e. The minimum Gasteiger partial charge on any atom is -0.455 e. The first-order chi connectivity index (χ1) is 28.7. The van der Waals surface area contributed by atoms with E-state index in [9.17, 15) is 0 Å². The number of aromatic nitrogens is 4. The standard InChI is InChI=1S/C52H30N4O2/c1-2-11-31(12-3-1)50-54-51(34-23-22-32-30-45-33(13-10-24-53-45)25-35(32)26-34)56-52(55-50)38-28-36(39-16-8-18-43-41-14-4-6-20-46(41)57-48(39)43)27-37(29-38)40-17-9-19-44-42-15-5-7-21-47(42)58-49(40)44/h1-30H. The van der Waals surface area contributed by atoms with Gasteiger partial charge in [0.15, 0.2) is 17.5 Å². The Labute approximate surface area is 331 Å². The second-order valence-electron chi connectivity index (χ2n) is 14.6. The van der Waals surface area contributed by atoms with Crippen molar-refractivity contribution in [3.8, 4) is 56.4 Å². The Morgan fingerprint density at radius 2 is 0.897 bits per heavy atom. The van der Waals surface area contributed by atoms with Crippen LogP contribution in [0.2, 0.25) is 0 Å². The van der Waals surface area contributed by atoms with Crippen molar-refractivity contribution >= 4 is 65.6 Å². The molecule has 0 aliphatic carbocycles. The van der Waals surface area contributed by atoms with Crippen molar-refractivity contribution < 1.29 is 8.83 Å². The van der Waals surface area contributed by atoms with E-state index >= 15 is 0 Å². The third kappa shape index (κ3) is 5.27. The molecule has 0 radical (unpaired) electrons. The molecule has 4 heterocycles. The molecule has 4 aromatic heterocycles. The fourth-order valence-corrected chi connectivity index (χ4v) is 8.32. The molecule has 58 heavy (non-hydrogen) atoms. The molecule has 0 amide bonds. The lowest BCUT2D eigenvalue weighted by Crippen LogP contribution is -2.00. The molecule has 0 bridgehead atoms. The Kier molecular flexibility index (Phi) is 7.13. The summed E-state index contributed by atoms with van der Waals surface area (Å²) >= 11 is 0. The molecule has 0 atom stereocenters. The third-order valence-corrected chi connectivity index (χ3v) is 11.1. The van der Waals surface area contributed by atoms with Gasteiger partial charge in [0.25, 0.3) is 0 Å². The zero-order valence-electron chi connectivity index (χ0n) is 30.9. The number of furan rings is 2. The van der Waals surface area contributed by atoms with E-state index in [2.05, 4.69) is 108 Å². The molecule has 0 fully saturated rings. The average Bonchev–Trinajstić information content (AvgIpc) is 3.87. The van der Waals surface area contributed by atoms with Gasteiger partial charge in [0.1, 0.15) is 22.3 Å². The van der Waals surface area contributed by atoms with Crippen LogP contribution in [0, 0.1) is 0 Å². The SMILES string of the molecule is c1ccc(-c2nc(-c3cc(-c4cccc5c4oc4ccccc45)cc(-c4cccc5c4oc4ccccc45)c3)nc(-c3ccc4cc5ncccc5cc4c3)n2)cc1. The molecule has 0 saturated heterocycles. The van der Waals surface area contributed by atoms with Crippen LogP contribution in [-0.2, 0) is 0 Å². The van der Waals surface area contributed by atoms with E-state index in [0.29, 0.717) is 17.5 Å². The Morgan fingerprint density at radius 1 is 0.328 bits per heavy atom. The second-order valence-corrected chi connectivity index (χ2v) is 14.6. The number of hydrogen-bond donors (Lipinski definition) is 0. The van der Waals surface area contributed by atoms with Crippen LogP contribution in [0.15, 0.2) is 191 Å². The summed E-state index contributed by atoms with van der Waals surface area (Å²) < 4.78 is 13.2. The molecular formula is C52H30N4O2. The van der Waals surface area contributed by atoms with Gasteiger partial charge in [0.2, 0.25) is 0 Å². The van der Waals surface area contributed by atoms with Gasteiger partial charge < -0.3 is 8.83 Å². The molecule has 8 aromatic carbocycles. The zero-order chi connectivity index (χ0) is 38.2. The van der Waals surface area contributed by atoms with Crippen molar-refractivity contribution in [3.05, 3.63) is 182 Å². The number of benzene rings is 8. The minimum absolute atomic E-state index is 0.559. The maximum atomic E-state index is 6.59. The number of fused-ring (bicyclic) bond motifs is 8. The predicted octanol–water partition coefficient (Wildman–Crippen LogP) is 13.7. The van der Waals surface area contributed by atoms with Gasteiger partial charge in [-0.1, -0.05) is 121 Å². The van der Waals surface area contributed by atoms with E-state index in [1.807, 2.05) is 79.0 Å². The number of nitrogens with zero attached hydrogens (tertiary/aromatic N) is 4. The number of hydrogen-bond acceptors (Lipinski definition) is 6. The maximum absolute atomic E-state index is 6.59. The van der Waals surface area contributed by atoms with Crippen LogP contribution in [0.1, 0.15) is 0 Å². The van der Waals surface area contributed by atoms with E-state index in [4.69, 9.17) is 23.8 Å². The summed E-state index contributed by atoms with van der Waals surface area (Å²) in [5.74, 6) is 1.74. The van der Waals surface area contributed by atoms with Gasteiger partial charge in [-0.05, 0) is 76.5 Å². The molecule has 0 N–H and O–H groups in total. The fourth-order valence-electron chi connectivity index (χ4n) is 8.32. The average molecular weight is 743 g/mol. The van der Waals surface area contributed by atoms with E-state index in [1.165, 1.54) is 0 Å². The van der Waals surface area contributed by atoms with Gasteiger partial charge in [-0.15, -0.1) is 0 Å². The highest BCUT2D eigenvalue weighted by atomic mass is 16.3. The van der Waals surface area contributed by atoms with Gasteiger partial charge >= 0.3 is 0 Å². The van der Waals surface area contributed by atoms with E-state index in [-0.39, 0.29) is 0 Å². The van der Waals surface area contributed by atoms with Crippen molar-refractivity contribution in [1.29, 1.82) is 0 Å². The summed E-state index contributed by atoms with van der Waals surface area (Å²) in [5, 5.41) is 7.56. The first kappa shape index (κ1) is 32.3. The summed E-state index contributed by atoms with van der Waals surface area (Å²) in [5.41, 5.74) is 10.8. The van der Waals surface area contributed by atoms with Crippen molar-refractivity contribution in [2.75, 3.05) is 0 Å². The molecule has 0 unspecified atom stereocenters. The zero-order valence-corrected chi connectivity index (χ0v) is 30.9. The highest BCUT2D eigenvalue weighted by Gasteiger charge is 2.20. The van der Waals surface area contributed by atoms with Crippen LogP contribution in [0.3, 0.4) is 0 Å². The Balaban J connectivity index is 1.11. The first-order valence-corrected chi connectivity index (χ1v) is 19.3. The molecule has 270 valence electrons. The summed E-state index contributed by atoms with van der Waals surface area (Å²) in [7, 11) is 0. The number of rotatable bonds is 5. The molecule has 12 rings (SSSR count). The Bertz CT molecular complexity index is 3450. The Morgan fingerprint density at radius 3 is 1.57 bits per heavy atom. The first-order valence-electron chi connectivity index (χ1n) is 19.3. The molecule has 0 aliphatic heterocycles. The van der Waals surface area contributed by atoms with Crippen LogP contribution in [0.25, 0.3) is 122 Å². The number of pyridine rings is 1. The molecule has 12 aromatic rings. The van der Waals surface area contributed by atoms with Crippen molar-refractivity contribution in [1.82, 2.24) is 19.9 Å². The third-order valence-electron chi connectivity index (χ3n) is 11.1. The minimum atomic E-state index is 0.559. The van der Waals surface area contributed by atoms with Crippen LogP contribution in [0.5, 0.6) is 0 Å². The predicted molar refractivity (Wildman–Crippen MR) is 234 cm³/mol. The van der Waals surface area contributed by atoms with E-state index in [0.717, 1.165) is 104 Å². The van der Waals surface area contributed by atoms with E-state index in [1.54, 1.807) is 0 Å². The summed E-state index contributed by atoms with van der Waals surface area (Å²) in [4.78, 5) is 20.1. The quantitative estimate of drug-likeness (QED) is 0.163. The molecule has 0 aliphatic rings. The molecule has 6 nitrogen and oxygen atoms in total. The molecule has 0 saturated carbocycles. The number of para-hydroxylation sites is 4. The summed E-state index contributed by atoms with van der Waals surface area (Å²) in [6.45, 7) is 0. The monoisotopic (exact) mass is 742 g/mol.